The summed E-state index contributed by atoms with van der Waals surface area (Å²) >= 11 is 0. The number of cyclic esters (lactones) is 1. The number of hydrogen-bond acceptors (Lipinski definition) is 3. The van der Waals surface area contributed by atoms with E-state index in [9.17, 15) is 9.90 Å². The Morgan fingerprint density at radius 1 is 1.00 bits per heavy atom. The van der Waals surface area contributed by atoms with E-state index in [1.54, 1.807) is 6.08 Å². The number of rotatable bonds is 12. The van der Waals surface area contributed by atoms with Crippen molar-refractivity contribution in [1.82, 2.24) is 0 Å². The maximum absolute atomic E-state index is 11.4. The number of unbranched alkanes of at least 4 members (excludes halogenated alkanes) is 7. The van der Waals surface area contributed by atoms with Crippen molar-refractivity contribution in [2.24, 2.45) is 0 Å². The molecule has 1 N–H and O–H groups in total. The zero-order valence-corrected chi connectivity index (χ0v) is 15.0. The average Bonchev–Trinajstić information content (AvgIpc) is 2.81. The second kappa shape index (κ2) is 12.8. The molecule has 0 saturated carbocycles. The molecule has 0 amide bonds. The Hall–Kier alpha value is -1.61. The van der Waals surface area contributed by atoms with Gasteiger partial charge in [-0.25, -0.2) is 4.79 Å². The van der Waals surface area contributed by atoms with Crippen LogP contribution in [-0.4, -0.2) is 17.2 Å². The van der Waals surface area contributed by atoms with Gasteiger partial charge in [0.2, 0.25) is 0 Å². The van der Waals surface area contributed by atoms with Gasteiger partial charge in [-0.2, -0.15) is 0 Å². The highest BCUT2D eigenvalue weighted by molar-refractivity contribution is 5.93. The lowest BCUT2D eigenvalue weighted by atomic mass is 10.1. The van der Waals surface area contributed by atoms with Crippen LogP contribution < -0.4 is 0 Å². The molecular weight excluding hydrogens is 300 g/mol. The Bertz CT molecular complexity index is 471. The summed E-state index contributed by atoms with van der Waals surface area (Å²) in [7, 11) is 0. The molecule has 1 atom stereocenters. The quantitative estimate of drug-likeness (QED) is 0.226. The Morgan fingerprint density at radius 2 is 1.62 bits per heavy atom. The maximum atomic E-state index is 11.4. The van der Waals surface area contributed by atoms with Crippen molar-refractivity contribution in [3.8, 4) is 0 Å². The summed E-state index contributed by atoms with van der Waals surface area (Å²) < 4.78 is 4.79. The van der Waals surface area contributed by atoms with Gasteiger partial charge in [0, 0.05) is 0 Å². The first-order chi connectivity index (χ1) is 11.7. The van der Waals surface area contributed by atoms with E-state index in [1.165, 1.54) is 25.7 Å². The fourth-order valence-electron chi connectivity index (χ4n) is 2.57. The number of ether oxygens (including phenoxy) is 1. The van der Waals surface area contributed by atoms with Crippen molar-refractivity contribution >= 4 is 5.97 Å². The van der Waals surface area contributed by atoms with Gasteiger partial charge in [-0.05, 0) is 44.9 Å². The van der Waals surface area contributed by atoms with Gasteiger partial charge in [-0.3, -0.25) is 0 Å². The zero-order chi connectivity index (χ0) is 17.6. The number of aliphatic hydroxyl groups is 1. The molecule has 3 heteroatoms. The summed E-state index contributed by atoms with van der Waals surface area (Å²) in [4.78, 5) is 11.4. The molecule has 3 nitrogen and oxygen atoms in total. The lowest BCUT2D eigenvalue weighted by molar-refractivity contribution is -0.132. The Morgan fingerprint density at radius 3 is 2.21 bits per heavy atom. The van der Waals surface area contributed by atoms with Gasteiger partial charge in [0.05, 0.1) is 5.57 Å². The number of esters is 1. The van der Waals surface area contributed by atoms with Crippen molar-refractivity contribution in [3.05, 3.63) is 48.3 Å². The summed E-state index contributed by atoms with van der Waals surface area (Å²) in [6.45, 7) is 5.74. The van der Waals surface area contributed by atoms with Gasteiger partial charge >= 0.3 is 5.97 Å². The molecule has 1 saturated heterocycles. The summed E-state index contributed by atoms with van der Waals surface area (Å²) in [5.74, 6) is -0.325. The van der Waals surface area contributed by atoms with Crippen LogP contribution in [-0.2, 0) is 9.53 Å². The molecule has 0 unspecified atom stereocenters. The maximum Gasteiger partial charge on any atom is 0.341 e. The van der Waals surface area contributed by atoms with Crippen molar-refractivity contribution in [1.29, 1.82) is 0 Å². The lowest BCUT2D eigenvalue weighted by Crippen LogP contribution is -2.07. The molecule has 1 fully saturated rings. The van der Waals surface area contributed by atoms with E-state index in [2.05, 4.69) is 37.8 Å². The van der Waals surface area contributed by atoms with E-state index in [-0.39, 0.29) is 5.76 Å². The SMILES string of the molecule is C=C1OC(=O)/C(=C\CCCCC/C=C/C/C=C/CCCCC)[C@H]1O. The monoisotopic (exact) mass is 332 g/mol. The molecular formula is C21H32O3. The van der Waals surface area contributed by atoms with E-state index in [0.717, 1.165) is 38.5 Å². The Kier molecular flexibility index (Phi) is 10.9. The van der Waals surface area contributed by atoms with E-state index >= 15 is 0 Å². The topological polar surface area (TPSA) is 46.5 Å². The van der Waals surface area contributed by atoms with Crippen LogP contribution in [0.3, 0.4) is 0 Å². The Labute approximate surface area is 146 Å². The van der Waals surface area contributed by atoms with Gasteiger partial charge in [0.15, 0.2) is 0 Å². The van der Waals surface area contributed by atoms with E-state index < -0.39 is 12.1 Å². The number of carbonyl (C=O) groups is 1. The van der Waals surface area contributed by atoms with Crippen molar-refractivity contribution < 1.29 is 14.6 Å². The Balaban J connectivity index is 2.00. The third kappa shape index (κ3) is 8.30. The molecule has 24 heavy (non-hydrogen) atoms. The highest BCUT2D eigenvalue weighted by atomic mass is 16.6. The third-order valence-corrected chi connectivity index (χ3v) is 4.08. The van der Waals surface area contributed by atoms with Crippen LogP contribution in [0.25, 0.3) is 0 Å². The van der Waals surface area contributed by atoms with E-state index in [4.69, 9.17) is 4.74 Å². The predicted octanol–water partition coefficient (Wildman–Crippen LogP) is 5.38. The standard InChI is InChI=1S/C21H32O3/c1-3-4-5-6-7-8-9-10-11-12-13-14-15-16-17-19-20(22)18(2)24-21(19)23/h7-8,10-11,17,20,22H,2-6,9,12-16H2,1H3/b8-7+,11-10+,19-17-/t20-/m0/s1. The number of carbonyl (C=O) groups excluding carboxylic acids is 1. The molecule has 0 radical (unpaired) electrons. The molecule has 1 rings (SSSR count). The van der Waals surface area contributed by atoms with Crippen LogP contribution in [0.2, 0.25) is 0 Å². The average molecular weight is 332 g/mol. The molecule has 0 aromatic carbocycles. The molecule has 0 bridgehead atoms. The smallest absolute Gasteiger partial charge is 0.341 e. The molecule has 1 heterocycles. The summed E-state index contributed by atoms with van der Waals surface area (Å²) in [5.41, 5.74) is 0.339. The molecule has 0 spiro atoms. The van der Waals surface area contributed by atoms with E-state index in [0.29, 0.717) is 5.57 Å². The number of aliphatic hydroxyl groups excluding tert-OH is 1. The van der Waals surface area contributed by atoms with Crippen molar-refractivity contribution in [2.75, 3.05) is 0 Å². The minimum absolute atomic E-state index is 0.135. The normalized spacial score (nSPS) is 19.9. The van der Waals surface area contributed by atoms with Crippen LogP contribution >= 0.6 is 0 Å². The van der Waals surface area contributed by atoms with Crippen LogP contribution in [0.4, 0.5) is 0 Å². The summed E-state index contributed by atoms with van der Waals surface area (Å²) in [5, 5.41) is 9.70. The fourth-order valence-corrected chi connectivity index (χ4v) is 2.57. The zero-order valence-electron chi connectivity index (χ0n) is 15.0. The van der Waals surface area contributed by atoms with Gasteiger partial charge in [0.1, 0.15) is 11.9 Å². The molecule has 1 aliphatic heterocycles. The predicted molar refractivity (Wildman–Crippen MR) is 99.4 cm³/mol. The minimum Gasteiger partial charge on any atom is -0.425 e. The van der Waals surface area contributed by atoms with Crippen molar-refractivity contribution in [3.63, 3.8) is 0 Å². The molecule has 0 aromatic heterocycles. The molecule has 134 valence electrons. The van der Waals surface area contributed by atoms with Gasteiger partial charge < -0.3 is 9.84 Å². The highest BCUT2D eigenvalue weighted by Crippen LogP contribution is 2.23. The minimum atomic E-state index is -0.949. The van der Waals surface area contributed by atoms with Crippen LogP contribution in [0, 0.1) is 0 Å². The molecule has 0 aromatic rings. The van der Waals surface area contributed by atoms with Crippen LogP contribution in [0.15, 0.2) is 48.3 Å². The van der Waals surface area contributed by atoms with Gasteiger partial charge in [-0.1, -0.05) is 63.1 Å². The number of allylic oxidation sites excluding steroid dienone is 5. The third-order valence-electron chi connectivity index (χ3n) is 4.08. The summed E-state index contributed by atoms with van der Waals surface area (Å²) in [6, 6.07) is 0. The lowest BCUT2D eigenvalue weighted by Gasteiger charge is -1.99. The van der Waals surface area contributed by atoms with Crippen LogP contribution in [0.5, 0.6) is 0 Å². The second-order valence-electron chi connectivity index (χ2n) is 6.23. The second-order valence-corrected chi connectivity index (χ2v) is 6.23. The van der Waals surface area contributed by atoms with Crippen molar-refractivity contribution in [2.45, 2.75) is 77.2 Å². The summed E-state index contributed by atoms with van der Waals surface area (Å²) in [6.07, 6.45) is 21.2. The molecule has 1 aliphatic rings. The van der Waals surface area contributed by atoms with E-state index in [1.807, 2.05) is 0 Å². The molecule has 0 aliphatic carbocycles. The first-order valence-corrected chi connectivity index (χ1v) is 9.26. The van der Waals surface area contributed by atoms with Crippen LogP contribution in [0.1, 0.15) is 71.1 Å². The highest BCUT2D eigenvalue weighted by Gasteiger charge is 2.32. The van der Waals surface area contributed by atoms with Gasteiger partial charge in [-0.15, -0.1) is 0 Å². The largest absolute Gasteiger partial charge is 0.425 e. The fraction of sp³-hybridized carbons (Fsp3) is 0.571. The first-order valence-electron chi connectivity index (χ1n) is 9.26. The first kappa shape index (κ1) is 20.4. The number of hydrogen-bond donors (Lipinski definition) is 1. The van der Waals surface area contributed by atoms with Gasteiger partial charge in [0.25, 0.3) is 0 Å².